The number of aromatic nitrogens is 1. The van der Waals surface area contributed by atoms with Crippen molar-refractivity contribution in [1.29, 1.82) is 0 Å². The van der Waals surface area contributed by atoms with Crippen molar-refractivity contribution in [2.75, 3.05) is 13.2 Å². The highest BCUT2D eigenvalue weighted by molar-refractivity contribution is 5.45. The van der Waals surface area contributed by atoms with E-state index in [0.29, 0.717) is 50.4 Å². The van der Waals surface area contributed by atoms with Crippen LogP contribution in [-0.4, -0.2) is 68.1 Å². The van der Waals surface area contributed by atoms with Crippen LogP contribution in [0.3, 0.4) is 0 Å². The Morgan fingerprint density at radius 1 is 1.02 bits per heavy atom. The van der Waals surface area contributed by atoms with Crippen molar-refractivity contribution in [3.05, 3.63) is 83.5 Å². The van der Waals surface area contributed by atoms with Gasteiger partial charge in [-0.3, -0.25) is 0 Å². The molecule has 0 radical (unpaired) electrons. The third-order valence-electron chi connectivity index (χ3n) is 11.6. The zero-order valence-corrected chi connectivity index (χ0v) is 29.1. The number of rotatable bonds is 9. The maximum Gasteiger partial charge on any atom is 0.161 e. The Hall–Kier alpha value is -3.68. The summed E-state index contributed by atoms with van der Waals surface area (Å²) >= 11 is 0. The Morgan fingerprint density at radius 3 is 2.62 bits per heavy atom. The largest absolute Gasteiger partial charge is 0.504 e. The molecule has 1 aromatic carbocycles. The lowest BCUT2D eigenvalue weighted by Crippen LogP contribution is -2.51. The van der Waals surface area contributed by atoms with Crippen molar-refractivity contribution in [2.45, 2.75) is 95.0 Å². The summed E-state index contributed by atoms with van der Waals surface area (Å²) in [5.74, 6) is 6.57. The van der Waals surface area contributed by atoms with Gasteiger partial charge in [0.2, 0.25) is 0 Å². The lowest BCUT2D eigenvalue weighted by molar-refractivity contribution is -0.0856. The Balaban J connectivity index is 1.30. The van der Waals surface area contributed by atoms with Crippen LogP contribution in [-0.2, 0) is 6.42 Å². The van der Waals surface area contributed by atoms with Crippen molar-refractivity contribution >= 4 is 0 Å². The van der Waals surface area contributed by atoms with Crippen LogP contribution in [0.25, 0.3) is 0 Å². The number of benzene rings is 1. The van der Waals surface area contributed by atoms with E-state index in [1.165, 1.54) is 0 Å². The monoisotopic (exact) mass is 685 g/mol. The van der Waals surface area contributed by atoms with Crippen LogP contribution in [0.1, 0.15) is 75.5 Å². The molecule has 2 aromatic rings. The first-order chi connectivity index (χ1) is 24.2. The Kier molecular flexibility index (Phi) is 12.0. The van der Waals surface area contributed by atoms with Gasteiger partial charge in [-0.25, -0.2) is 0 Å². The number of hydrogen-bond acceptors (Lipinski definition) is 8. The van der Waals surface area contributed by atoms with Crippen molar-refractivity contribution in [2.24, 2.45) is 41.2 Å². The van der Waals surface area contributed by atoms with Gasteiger partial charge in [0.1, 0.15) is 6.10 Å². The van der Waals surface area contributed by atoms with Crippen LogP contribution in [0, 0.1) is 47.3 Å². The first kappa shape index (κ1) is 36.1. The molecule has 50 heavy (non-hydrogen) atoms. The van der Waals surface area contributed by atoms with Crippen molar-refractivity contribution < 1.29 is 30.3 Å². The molecular weight excluding hydrogens is 630 g/mol. The fourth-order valence-corrected chi connectivity index (χ4v) is 8.67. The summed E-state index contributed by atoms with van der Waals surface area (Å²) in [6, 6.07) is 9.28. The zero-order chi connectivity index (χ0) is 35.2. The molecule has 11 atom stereocenters. The van der Waals surface area contributed by atoms with Gasteiger partial charge in [-0.2, -0.15) is 0 Å². The summed E-state index contributed by atoms with van der Waals surface area (Å²) in [5.41, 5.74) is 9.19. The van der Waals surface area contributed by atoms with Crippen molar-refractivity contribution in [3.8, 4) is 23.3 Å². The van der Waals surface area contributed by atoms with Crippen LogP contribution in [0.15, 0.2) is 72.2 Å². The molecule has 0 saturated heterocycles. The van der Waals surface area contributed by atoms with Crippen LogP contribution in [0.4, 0.5) is 0 Å². The van der Waals surface area contributed by atoms with Crippen LogP contribution < -0.4 is 15.8 Å². The van der Waals surface area contributed by atoms with E-state index in [1.54, 1.807) is 6.07 Å². The summed E-state index contributed by atoms with van der Waals surface area (Å²) in [6.07, 6.45) is 14.0. The second-order valence-electron chi connectivity index (χ2n) is 14.8. The number of hydrogen-bond donors (Lipinski definition) is 8. The van der Waals surface area contributed by atoms with E-state index in [0.717, 1.165) is 42.5 Å². The topological polar surface area (TPSA) is 164 Å². The predicted octanol–water partition coefficient (Wildman–Crippen LogP) is 4.64. The van der Waals surface area contributed by atoms with Crippen molar-refractivity contribution in [3.63, 3.8) is 0 Å². The number of H-pyrrole nitrogens is 1. The standard InChI is InChI=1S/C41H55N3O6/c1-2-25-6-3-4-8-35(47)39-26(10-9-25)11-12-27(20-36(39)48)28-14-16-34(46)37(21-28)50-41-32(15-13-30(24-45)40(41)49)33(23-31-7-5-18-43-31)29-17-19-44-38(42)22-29/h5,7,11-12,14,16-18,21-22,25-27,30,32-33,35-36,39-41,43-49H,2-4,6,8,13,15,19-20,23-24,42H2,1H3. The highest BCUT2D eigenvalue weighted by Gasteiger charge is 2.45. The molecule has 270 valence electrons. The second-order valence-corrected chi connectivity index (χ2v) is 14.8. The van der Waals surface area contributed by atoms with Crippen molar-refractivity contribution in [1.82, 2.24) is 10.3 Å². The molecule has 9 N–H and O–H groups in total. The lowest BCUT2D eigenvalue weighted by atomic mass is 9.68. The Labute approximate surface area is 296 Å². The average molecular weight is 686 g/mol. The molecule has 0 spiro atoms. The zero-order valence-electron chi connectivity index (χ0n) is 29.1. The van der Waals surface area contributed by atoms with E-state index in [2.05, 4.69) is 41.2 Å². The number of phenolic OH excluding ortho intramolecular Hbond substituents is 1. The normalized spacial score (nSPS) is 33.7. The molecule has 0 amide bonds. The van der Waals surface area contributed by atoms with E-state index in [4.69, 9.17) is 10.5 Å². The van der Waals surface area contributed by atoms with E-state index in [9.17, 15) is 25.5 Å². The number of dihydropyridines is 1. The molecule has 1 aliphatic heterocycles. The highest BCUT2D eigenvalue weighted by atomic mass is 16.5. The van der Waals surface area contributed by atoms with Gasteiger partial charge >= 0.3 is 0 Å². The predicted molar refractivity (Wildman–Crippen MR) is 194 cm³/mol. The number of aromatic amines is 1. The van der Waals surface area contributed by atoms with Gasteiger partial charge in [0.15, 0.2) is 11.5 Å². The summed E-state index contributed by atoms with van der Waals surface area (Å²) < 4.78 is 6.68. The quantitative estimate of drug-likeness (QED) is 0.140. The number of ether oxygens (including phenoxy) is 1. The highest BCUT2D eigenvalue weighted by Crippen LogP contribution is 2.44. The summed E-state index contributed by atoms with van der Waals surface area (Å²) in [6.45, 7) is 2.60. The third kappa shape index (κ3) is 8.26. The molecule has 3 aliphatic carbocycles. The van der Waals surface area contributed by atoms with Gasteiger partial charge in [0.25, 0.3) is 0 Å². The first-order valence-corrected chi connectivity index (χ1v) is 18.6. The van der Waals surface area contributed by atoms with E-state index >= 15 is 0 Å². The van der Waals surface area contributed by atoms with Gasteiger partial charge < -0.3 is 46.3 Å². The maximum atomic E-state index is 11.7. The van der Waals surface area contributed by atoms with E-state index in [1.807, 2.05) is 42.6 Å². The molecule has 1 fully saturated rings. The second kappa shape index (κ2) is 16.6. The molecule has 9 nitrogen and oxygen atoms in total. The number of aromatic hydroxyl groups is 1. The van der Waals surface area contributed by atoms with Crippen LogP contribution in [0.5, 0.6) is 11.5 Å². The van der Waals surface area contributed by atoms with Crippen LogP contribution >= 0.6 is 0 Å². The smallest absolute Gasteiger partial charge is 0.161 e. The Bertz CT molecular complexity index is 1570. The number of aliphatic hydroxyl groups excluding tert-OH is 4. The van der Waals surface area contributed by atoms with E-state index < -0.39 is 24.4 Å². The van der Waals surface area contributed by atoms with E-state index in [-0.39, 0.29) is 53.6 Å². The summed E-state index contributed by atoms with van der Waals surface area (Å²) in [4.78, 5) is 3.32. The minimum atomic E-state index is -0.965. The molecule has 0 bridgehead atoms. The Morgan fingerprint density at radius 2 is 1.86 bits per heavy atom. The summed E-state index contributed by atoms with van der Waals surface area (Å²) in [5, 5.41) is 59.0. The number of allylic oxidation sites excluding steroid dienone is 4. The molecule has 1 aromatic heterocycles. The number of nitrogens with one attached hydrogen (secondary N) is 2. The minimum Gasteiger partial charge on any atom is -0.504 e. The molecule has 11 unspecified atom stereocenters. The van der Waals surface area contributed by atoms with Gasteiger partial charge in [0, 0.05) is 60.5 Å². The lowest BCUT2D eigenvalue weighted by Gasteiger charge is -2.44. The molecule has 4 aliphatic rings. The number of aliphatic hydroxyl groups is 4. The third-order valence-corrected chi connectivity index (χ3v) is 11.6. The number of fused-ring (bicyclic) bond motifs is 1. The van der Waals surface area contributed by atoms with Gasteiger partial charge in [-0.15, -0.1) is 0 Å². The maximum absolute atomic E-state index is 11.7. The SMILES string of the molecule is CCC1C#CC2C=CC(c3ccc(O)c(OC4C(O)C(CO)CCC4C(Cc4ccc[nH]4)C4=CCNC(N)=C4)c3)CC(O)C2C(O)CCCC1. The molecular formula is C41H55N3O6. The van der Waals surface area contributed by atoms with Gasteiger partial charge in [-0.1, -0.05) is 55.9 Å². The fourth-order valence-electron chi connectivity index (χ4n) is 8.67. The first-order valence-electron chi connectivity index (χ1n) is 18.6. The fraction of sp³-hybridized carbons (Fsp3) is 0.561. The summed E-state index contributed by atoms with van der Waals surface area (Å²) in [7, 11) is 0. The average Bonchev–Trinajstić information content (AvgIpc) is 3.57. The number of phenols is 1. The minimum absolute atomic E-state index is 0.0452. The van der Waals surface area contributed by atoms with Gasteiger partial charge in [-0.05, 0) is 92.3 Å². The molecule has 2 heterocycles. The molecule has 9 heteroatoms. The molecule has 1 saturated carbocycles. The van der Waals surface area contributed by atoms with Gasteiger partial charge in [0.05, 0.1) is 24.1 Å². The molecule has 6 rings (SSSR count). The van der Waals surface area contributed by atoms with Crippen LogP contribution in [0.2, 0.25) is 0 Å². The number of nitrogens with two attached hydrogens (primary N) is 1.